The Balaban J connectivity index is 2.05. The third-order valence-electron chi connectivity index (χ3n) is 4.18. The van der Waals surface area contributed by atoms with E-state index in [0.717, 1.165) is 29.4 Å². The van der Waals surface area contributed by atoms with E-state index < -0.39 is 0 Å². The molecule has 0 aliphatic carbocycles. The van der Waals surface area contributed by atoms with Gasteiger partial charge in [0.25, 0.3) is 0 Å². The van der Waals surface area contributed by atoms with Gasteiger partial charge in [-0.2, -0.15) is 0 Å². The Labute approximate surface area is 157 Å². The van der Waals surface area contributed by atoms with Gasteiger partial charge in [0.1, 0.15) is 19.0 Å². The minimum atomic E-state index is 0.0342. The van der Waals surface area contributed by atoms with E-state index in [0.29, 0.717) is 13.2 Å². The molecule has 142 valence electrons. The van der Waals surface area contributed by atoms with Crippen LogP contribution in [0.3, 0.4) is 0 Å². The summed E-state index contributed by atoms with van der Waals surface area (Å²) in [6.45, 7) is 10.3. The fraction of sp³-hybridized carbons (Fsp3) is 0.455. The highest BCUT2D eigenvalue weighted by Crippen LogP contribution is 2.33. The summed E-state index contributed by atoms with van der Waals surface area (Å²) in [7, 11) is 3.57. The molecule has 0 atom stereocenters. The second kappa shape index (κ2) is 8.95. The Morgan fingerprint density at radius 1 is 0.962 bits per heavy atom. The predicted octanol–water partition coefficient (Wildman–Crippen LogP) is 4.48. The lowest BCUT2D eigenvalue weighted by Gasteiger charge is -2.23. The summed E-state index contributed by atoms with van der Waals surface area (Å²) in [5, 5.41) is 3.16. The predicted molar refractivity (Wildman–Crippen MR) is 107 cm³/mol. The van der Waals surface area contributed by atoms with Crippen LogP contribution < -0.4 is 19.5 Å². The molecule has 2 aromatic carbocycles. The number of methoxy groups -OCH3 is 1. The average Bonchev–Trinajstić information content (AvgIpc) is 2.58. The van der Waals surface area contributed by atoms with Crippen LogP contribution in [0.1, 0.15) is 37.5 Å². The van der Waals surface area contributed by atoms with Crippen LogP contribution in [0, 0.1) is 6.92 Å². The van der Waals surface area contributed by atoms with Crippen molar-refractivity contribution in [2.24, 2.45) is 0 Å². The first-order chi connectivity index (χ1) is 12.4. The first-order valence-corrected chi connectivity index (χ1v) is 9.04. The number of benzene rings is 2. The van der Waals surface area contributed by atoms with Gasteiger partial charge >= 0.3 is 0 Å². The molecule has 26 heavy (non-hydrogen) atoms. The van der Waals surface area contributed by atoms with Gasteiger partial charge in [-0.3, -0.25) is 0 Å². The van der Waals surface area contributed by atoms with Crippen LogP contribution >= 0.6 is 0 Å². The summed E-state index contributed by atoms with van der Waals surface area (Å²) < 4.78 is 17.5. The normalized spacial score (nSPS) is 11.3. The highest BCUT2D eigenvalue weighted by atomic mass is 16.5. The molecule has 0 aliphatic rings. The lowest BCUT2D eigenvalue weighted by Crippen LogP contribution is -2.16. The third kappa shape index (κ3) is 5.15. The van der Waals surface area contributed by atoms with Crippen molar-refractivity contribution in [2.75, 3.05) is 27.4 Å². The number of hydrogen-bond donors (Lipinski definition) is 1. The van der Waals surface area contributed by atoms with E-state index in [1.807, 2.05) is 25.2 Å². The molecule has 0 saturated heterocycles. The van der Waals surface area contributed by atoms with Gasteiger partial charge in [-0.1, -0.05) is 45.0 Å². The molecule has 0 amide bonds. The molecule has 1 N–H and O–H groups in total. The van der Waals surface area contributed by atoms with Gasteiger partial charge < -0.3 is 19.5 Å². The largest absolute Gasteiger partial charge is 0.493 e. The molecular weight excluding hydrogens is 326 g/mol. The van der Waals surface area contributed by atoms with Crippen molar-refractivity contribution >= 4 is 0 Å². The van der Waals surface area contributed by atoms with Crippen molar-refractivity contribution in [3.63, 3.8) is 0 Å². The molecule has 0 unspecified atom stereocenters. The number of nitrogens with one attached hydrogen (secondary N) is 1. The van der Waals surface area contributed by atoms with Gasteiger partial charge in [0.2, 0.25) is 0 Å². The maximum Gasteiger partial charge on any atom is 0.165 e. The van der Waals surface area contributed by atoms with Crippen LogP contribution in [0.5, 0.6) is 17.2 Å². The zero-order valence-electron chi connectivity index (χ0n) is 16.8. The molecule has 0 aromatic heterocycles. The van der Waals surface area contributed by atoms with Crippen molar-refractivity contribution in [2.45, 2.75) is 39.7 Å². The van der Waals surface area contributed by atoms with E-state index in [-0.39, 0.29) is 5.41 Å². The number of para-hydroxylation sites is 1. The first kappa shape index (κ1) is 20.1. The molecule has 2 aromatic rings. The summed E-state index contributed by atoms with van der Waals surface area (Å²) in [6.07, 6.45) is 0. The molecule has 4 heteroatoms. The molecule has 0 fully saturated rings. The fourth-order valence-electron chi connectivity index (χ4n) is 2.88. The summed E-state index contributed by atoms with van der Waals surface area (Å²) in [4.78, 5) is 0. The Bertz CT molecular complexity index is 720. The summed E-state index contributed by atoms with van der Waals surface area (Å²) in [5.74, 6) is 2.44. The van der Waals surface area contributed by atoms with Crippen molar-refractivity contribution in [1.29, 1.82) is 0 Å². The van der Waals surface area contributed by atoms with Gasteiger partial charge in [0.05, 0.1) is 7.11 Å². The lowest BCUT2D eigenvalue weighted by molar-refractivity contribution is 0.207. The van der Waals surface area contributed by atoms with E-state index >= 15 is 0 Å². The molecule has 0 saturated carbocycles. The van der Waals surface area contributed by atoms with Crippen LogP contribution in [-0.4, -0.2) is 27.4 Å². The van der Waals surface area contributed by atoms with Gasteiger partial charge in [0, 0.05) is 12.1 Å². The number of ether oxygens (including phenoxy) is 3. The smallest absolute Gasteiger partial charge is 0.165 e. The van der Waals surface area contributed by atoms with Crippen LogP contribution in [0.2, 0.25) is 0 Å². The zero-order chi connectivity index (χ0) is 19.2. The maximum absolute atomic E-state index is 6.06. The standard InChI is InChI=1S/C22H31NO3/c1-16-10-11-18(22(2,3)4)20(14-16)25-12-13-26-21-17(15-23-5)8-7-9-19(21)24-6/h7-11,14,23H,12-13,15H2,1-6H3. The molecule has 0 aliphatic heterocycles. The topological polar surface area (TPSA) is 39.7 Å². The average molecular weight is 357 g/mol. The Hall–Kier alpha value is -2.20. The van der Waals surface area contributed by atoms with Gasteiger partial charge in [-0.15, -0.1) is 0 Å². The van der Waals surface area contributed by atoms with E-state index in [1.54, 1.807) is 7.11 Å². The van der Waals surface area contributed by atoms with Crippen LogP contribution in [0.4, 0.5) is 0 Å². The lowest BCUT2D eigenvalue weighted by atomic mass is 9.86. The molecular formula is C22H31NO3. The number of hydrogen-bond acceptors (Lipinski definition) is 4. The zero-order valence-corrected chi connectivity index (χ0v) is 16.8. The molecule has 0 radical (unpaired) electrons. The number of rotatable bonds is 8. The highest BCUT2D eigenvalue weighted by molar-refractivity contribution is 5.46. The molecule has 0 heterocycles. The SMILES string of the molecule is CNCc1cccc(OC)c1OCCOc1cc(C)ccc1C(C)(C)C. The van der Waals surface area contributed by atoms with Crippen LogP contribution in [0.25, 0.3) is 0 Å². The second-order valence-electron chi connectivity index (χ2n) is 7.43. The quantitative estimate of drug-likeness (QED) is 0.707. The Kier molecular flexibility index (Phi) is 6.92. The van der Waals surface area contributed by atoms with Gasteiger partial charge in [-0.05, 0) is 42.6 Å². The first-order valence-electron chi connectivity index (χ1n) is 9.04. The Morgan fingerprint density at radius 2 is 1.69 bits per heavy atom. The van der Waals surface area contributed by atoms with E-state index in [1.165, 1.54) is 11.1 Å². The van der Waals surface area contributed by atoms with E-state index in [9.17, 15) is 0 Å². The number of aryl methyl sites for hydroxylation is 1. The second-order valence-corrected chi connectivity index (χ2v) is 7.43. The van der Waals surface area contributed by atoms with Crippen LogP contribution in [0.15, 0.2) is 36.4 Å². The summed E-state index contributed by atoms with van der Waals surface area (Å²) in [6, 6.07) is 12.3. The van der Waals surface area contributed by atoms with Gasteiger partial charge in [0.15, 0.2) is 11.5 Å². The minimum absolute atomic E-state index is 0.0342. The fourth-order valence-corrected chi connectivity index (χ4v) is 2.88. The Morgan fingerprint density at radius 3 is 2.35 bits per heavy atom. The van der Waals surface area contributed by atoms with Crippen molar-refractivity contribution in [3.05, 3.63) is 53.1 Å². The van der Waals surface area contributed by atoms with Crippen LogP contribution in [-0.2, 0) is 12.0 Å². The molecule has 4 nitrogen and oxygen atoms in total. The summed E-state index contributed by atoms with van der Waals surface area (Å²) >= 11 is 0. The molecule has 0 spiro atoms. The summed E-state index contributed by atoms with van der Waals surface area (Å²) in [5.41, 5.74) is 3.50. The van der Waals surface area contributed by atoms with Crippen molar-refractivity contribution < 1.29 is 14.2 Å². The highest BCUT2D eigenvalue weighted by Gasteiger charge is 2.19. The van der Waals surface area contributed by atoms with Crippen molar-refractivity contribution in [1.82, 2.24) is 5.32 Å². The monoisotopic (exact) mass is 357 g/mol. The molecule has 2 rings (SSSR count). The third-order valence-corrected chi connectivity index (χ3v) is 4.18. The van der Waals surface area contributed by atoms with E-state index in [2.05, 4.69) is 51.2 Å². The maximum atomic E-state index is 6.06. The van der Waals surface area contributed by atoms with E-state index in [4.69, 9.17) is 14.2 Å². The molecule has 0 bridgehead atoms. The van der Waals surface area contributed by atoms with Crippen molar-refractivity contribution in [3.8, 4) is 17.2 Å². The van der Waals surface area contributed by atoms with Gasteiger partial charge in [-0.25, -0.2) is 0 Å². The minimum Gasteiger partial charge on any atom is -0.493 e.